The second kappa shape index (κ2) is 9.07. The van der Waals surface area contributed by atoms with Crippen LogP contribution < -0.4 is 15.0 Å². The molecule has 8 heteroatoms. The van der Waals surface area contributed by atoms with Crippen LogP contribution in [0.5, 0.6) is 17.4 Å². The highest BCUT2D eigenvalue weighted by Gasteiger charge is 2.18. The van der Waals surface area contributed by atoms with Gasteiger partial charge < -0.3 is 14.6 Å². The fourth-order valence-electron chi connectivity index (χ4n) is 3.53. The predicted octanol–water partition coefficient (Wildman–Crippen LogP) is 4.99. The van der Waals surface area contributed by atoms with Crippen LogP contribution in [0.4, 0.5) is 5.69 Å². The maximum absolute atomic E-state index is 13.3. The van der Waals surface area contributed by atoms with E-state index in [9.17, 15) is 15.2 Å². The molecule has 0 atom stereocenters. The number of aromatic nitrogens is 1. The normalized spacial score (nSPS) is 11.0. The topological polar surface area (TPSA) is 96.8 Å². The quantitative estimate of drug-likeness (QED) is 0.424. The first-order chi connectivity index (χ1) is 16.0. The van der Waals surface area contributed by atoms with Gasteiger partial charge in [0.2, 0.25) is 5.88 Å². The molecule has 4 aromatic rings. The zero-order chi connectivity index (χ0) is 23.5. The third kappa shape index (κ3) is 4.00. The number of benzene rings is 3. The molecule has 4 rings (SSSR count). The zero-order valence-electron chi connectivity index (χ0n) is 17.7. The summed E-state index contributed by atoms with van der Waals surface area (Å²) in [4.78, 5) is 17.7. The summed E-state index contributed by atoms with van der Waals surface area (Å²) in [5, 5.41) is 21.9. The number of rotatable bonds is 5. The van der Waals surface area contributed by atoms with Gasteiger partial charge in [-0.2, -0.15) is 5.26 Å². The SMILES string of the molecule is COc1ccc(-n2c(O)c(C=Nc3cc(Cl)ccc3C#N)c3ccccc3c2=O)cc1OC. The summed E-state index contributed by atoms with van der Waals surface area (Å²) in [6.45, 7) is 0. The van der Waals surface area contributed by atoms with Gasteiger partial charge in [-0.1, -0.05) is 29.8 Å². The summed E-state index contributed by atoms with van der Waals surface area (Å²) in [6.07, 6.45) is 1.42. The second-order valence-electron chi connectivity index (χ2n) is 6.99. The number of fused-ring (bicyclic) bond motifs is 1. The van der Waals surface area contributed by atoms with E-state index in [1.54, 1.807) is 60.7 Å². The van der Waals surface area contributed by atoms with Crippen molar-refractivity contribution in [3.05, 3.63) is 87.2 Å². The average molecular weight is 460 g/mol. The van der Waals surface area contributed by atoms with Gasteiger partial charge in [-0.05, 0) is 36.4 Å². The predicted molar refractivity (Wildman–Crippen MR) is 128 cm³/mol. The van der Waals surface area contributed by atoms with Crippen molar-refractivity contribution in [3.63, 3.8) is 0 Å². The summed E-state index contributed by atoms with van der Waals surface area (Å²) in [7, 11) is 3.00. The minimum atomic E-state index is -0.409. The minimum absolute atomic E-state index is 0.309. The number of nitrogens with zero attached hydrogens (tertiary/aromatic N) is 3. The van der Waals surface area contributed by atoms with Gasteiger partial charge in [-0.25, -0.2) is 4.57 Å². The first-order valence-electron chi connectivity index (χ1n) is 9.81. The largest absolute Gasteiger partial charge is 0.494 e. The van der Waals surface area contributed by atoms with E-state index < -0.39 is 5.56 Å². The highest BCUT2D eigenvalue weighted by atomic mass is 35.5. The lowest BCUT2D eigenvalue weighted by molar-refractivity contribution is 0.354. The Bertz CT molecular complexity index is 1500. The van der Waals surface area contributed by atoms with Crippen LogP contribution in [0.2, 0.25) is 5.02 Å². The third-order valence-electron chi connectivity index (χ3n) is 5.14. The van der Waals surface area contributed by atoms with Gasteiger partial charge in [0.1, 0.15) is 6.07 Å². The number of pyridine rings is 1. The van der Waals surface area contributed by atoms with Crippen LogP contribution in [0, 0.1) is 11.3 Å². The van der Waals surface area contributed by atoms with Crippen LogP contribution >= 0.6 is 11.6 Å². The number of hydrogen-bond donors (Lipinski definition) is 1. The van der Waals surface area contributed by atoms with Gasteiger partial charge in [-0.3, -0.25) is 9.79 Å². The average Bonchev–Trinajstić information content (AvgIpc) is 2.84. The summed E-state index contributed by atoms with van der Waals surface area (Å²) >= 11 is 6.06. The van der Waals surface area contributed by atoms with E-state index in [-0.39, 0.29) is 5.88 Å². The van der Waals surface area contributed by atoms with Crippen LogP contribution in [-0.2, 0) is 0 Å². The first kappa shape index (κ1) is 21.9. The Morgan fingerprint density at radius 3 is 2.45 bits per heavy atom. The smallest absolute Gasteiger partial charge is 0.265 e. The lowest BCUT2D eigenvalue weighted by atomic mass is 10.1. The standard InChI is InChI=1S/C25H18ClN3O4/c1-32-22-10-9-17(12-23(22)33-2)29-24(30)19-6-4-3-5-18(19)20(25(29)31)14-28-21-11-16(26)8-7-15(21)13-27/h3-12,14,31H,1-2H3. The van der Waals surface area contributed by atoms with E-state index in [0.717, 1.165) is 0 Å². The molecule has 0 bridgehead atoms. The molecule has 164 valence electrons. The molecular formula is C25H18ClN3O4. The lowest BCUT2D eigenvalue weighted by Crippen LogP contribution is -2.20. The zero-order valence-corrected chi connectivity index (χ0v) is 18.5. The van der Waals surface area contributed by atoms with E-state index in [1.807, 2.05) is 0 Å². The Kier molecular flexibility index (Phi) is 6.03. The van der Waals surface area contributed by atoms with E-state index in [0.29, 0.717) is 49.8 Å². The molecule has 0 unspecified atom stereocenters. The Labute approximate surface area is 194 Å². The molecule has 1 heterocycles. The van der Waals surface area contributed by atoms with Crippen molar-refractivity contribution < 1.29 is 14.6 Å². The molecule has 0 saturated heterocycles. The molecule has 1 N–H and O–H groups in total. The third-order valence-corrected chi connectivity index (χ3v) is 5.38. The van der Waals surface area contributed by atoms with E-state index in [2.05, 4.69) is 11.1 Å². The molecular weight excluding hydrogens is 442 g/mol. The molecule has 1 aromatic heterocycles. The van der Waals surface area contributed by atoms with Crippen LogP contribution in [0.1, 0.15) is 11.1 Å². The fourth-order valence-corrected chi connectivity index (χ4v) is 3.70. The van der Waals surface area contributed by atoms with Gasteiger partial charge in [-0.15, -0.1) is 0 Å². The van der Waals surface area contributed by atoms with Crippen LogP contribution in [-0.4, -0.2) is 30.1 Å². The molecule has 33 heavy (non-hydrogen) atoms. The number of aliphatic imine (C=N–C) groups is 1. The van der Waals surface area contributed by atoms with Gasteiger partial charge in [0.15, 0.2) is 11.5 Å². The Balaban J connectivity index is 1.98. The summed E-state index contributed by atoms with van der Waals surface area (Å²) in [5.41, 5.74) is 0.956. The van der Waals surface area contributed by atoms with Crippen molar-refractivity contribution in [2.45, 2.75) is 0 Å². The van der Waals surface area contributed by atoms with Gasteiger partial charge in [0, 0.05) is 28.1 Å². The molecule has 7 nitrogen and oxygen atoms in total. The highest BCUT2D eigenvalue weighted by Crippen LogP contribution is 2.32. The van der Waals surface area contributed by atoms with Crippen molar-refractivity contribution in [3.8, 4) is 29.1 Å². The van der Waals surface area contributed by atoms with Crippen molar-refractivity contribution in [1.29, 1.82) is 5.26 Å². The Hall–Kier alpha value is -4.28. The Morgan fingerprint density at radius 1 is 1.03 bits per heavy atom. The summed E-state index contributed by atoms with van der Waals surface area (Å²) in [5.74, 6) is 0.582. The van der Waals surface area contributed by atoms with Crippen molar-refractivity contribution in [1.82, 2.24) is 4.57 Å². The van der Waals surface area contributed by atoms with E-state index in [1.165, 1.54) is 25.0 Å². The monoisotopic (exact) mass is 459 g/mol. The fraction of sp³-hybridized carbons (Fsp3) is 0.0800. The van der Waals surface area contributed by atoms with Gasteiger partial charge in [0.25, 0.3) is 5.56 Å². The molecule has 0 aliphatic heterocycles. The molecule has 0 radical (unpaired) electrons. The van der Waals surface area contributed by atoms with Crippen molar-refractivity contribution in [2.24, 2.45) is 4.99 Å². The summed E-state index contributed by atoms with van der Waals surface area (Å²) in [6, 6.07) is 18.6. The molecule has 3 aromatic carbocycles. The van der Waals surface area contributed by atoms with Crippen LogP contribution in [0.3, 0.4) is 0 Å². The number of aromatic hydroxyl groups is 1. The van der Waals surface area contributed by atoms with Crippen molar-refractivity contribution in [2.75, 3.05) is 14.2 Å². The molecule has 0 spiro atoms. The first-order valence-corrected chi connectivity index (χ1v) is 10.2. The van der Waals surface area contributed by atoms with E-state index in [4.69, 9.17) is 21.1 Å². The second-order valence-corrected chi connectivity index (χ2v) is 7.43. The number of hydrogen-bond acceptors (Lipinski definition) is 6. The number of nitriles is 1. The molecule has 0 aliphatic carbocycles. The Morgan fingerprint density at radius 2 is 1.76 bits per heavy atom. The summed E-state index contributed by atoms with van der Waals surface area (Å²) < 4.78 is 11.8. The van der Waals surface area contributed by atoms with Gasteiger partial charge in [0.05, 0.1) is 36.7 Å². The highest BCUT2D eigenvalue weighted by molar-refractivity contribution is 6.30. The van der Waals surface area contributed by atoms with Gasteiger partial charge >= 0.3 is 0 Å². The molecule has 0 saturated carbocycles. The molecule has 0 fully saturated rings. The number of halogens is 1. The number of ether oxygens (including phenoxy) is 2. The molecule has 0 amide bonds. The van der Waals surface area contributed by atoms with Crippen LogP contribution in [0.25, 0.3) is 16.5 Å². The lowest BCUT2D eigenvalue weighted by Gasteiger charge is -2.15. The van der Waals surface area contributed by atoms with E-state index >= 15 is 0 Å². The van der Waals surface area contributed by atoms with Crippen LogP contribution in [0.15, 0.2) is 70.5 Å². The number of methoxy groups -OCH3 is 2. The van der Waals surface area contributed by atoms with Crippen molar-refractivity contribution >= 4 is 34.3 Å². The maximum Gasteiger partial charge on any atom is 0.265 e. The molecule has 0 aliphatic rings. The minimum Gasteiger partial charge on any atom is -0.494 e. The maximum atomic E-state index is 13.3.